The van der Waals surface area contributed by atoms with Gasteiger partial charge in [0.15, 0.2) is 0 Å². The summed E-state index contributed by atoms with van der Waals surface area (Å²) >= 11 is 0. The molecule has 0 radical (unpaired) electrons. The molecule has 0 atom stereocenters. The molecule has 0 saturated heterocycles. The zero-order chi connectivity index (χ0) is 24.7. The van der Waals surface area contributed by atoms with Gasteiger partial charge in [-0.1, -0.05) is 13.8 Å². The molecule has 9 nitrogen and oxygen atoms in total. The molecule has 180 valence electrons. The number of methoxy groups -OCH3 is 1. The Morgan fingerprint density at radius 2 is 1.88 bits per heavy atom. The van der Waals surface area contributed by atoms with E-state index in [9.17, 15) is 9.59 Å². The highest BCUT2D eigenvalue weighted by Crippen LogP contribution is 2.34. The highest BCUT2D eigenvalue weighted by atomic mass is 16.7. The Hall–Kier alpha value is -3.85. The van der Waals surface area contributed by atoms with Crippen LogP contribution >= 0.6 is 0 Å². The fraction of sp³-hybridized carbons (Fsp3) is 0.320. The summed E-state index contributed by atoms with van der Waals surface area (Å²) in [5, 5.41) is 6.14. The van der Waals surface area contributed by atoms with Crippen LogP contribution in [0.25, 0.3) is 10.9 Å². The topological polar surface area (TPSA) is 111 Å². The van der Waals surface area contributed by atoms with E-state index in [0.717, 1.165) is 5.56 Å². The number of carbonyl (C=O) groups is 2. The van der Waals surface area contributed by atoms with Crippen LogP contribution in [0.1, 0.15) is 36.7 Å². The van der Waals surface area contributed by atoms with Crippen LogP contribution in [0.5, 0.6) is 17.2 Å². The number of fused-ring (bicyclic) bond motifs is 1. The molecule has 0 saturated carbocycles. The lowest BCUT2D eigenvalue weighted by Gasteiger charge is -2.14. The molecule has 0 bridgehead atoms. The lowest BCUT2D eigenvalue weighted by Crippen LogP contribution is -2.28. The van der Waals surface area contributed by atoms with Crippen molar-refractivity contribution in [2.24, 2.45) is 5.92 Å². The number of anilines is 1. The minimum Gasteiger partial charge on any atom is -0.496 e. The minimum atomic E-state index is -0.425. The third-order valence-corrected chi connectivity index (χ3v) is 4.86. The number of hydrogen-bond donors (Lipinski definition) is 3. The maximum absolute atomic E-state index is 12.7. The van der Waals surface area contributed by atoms with Crippen molar-refractivity contribution in [2.45, 2.75) is 27.7 Å². The first-order valence-electron chi connectivity index (χ1n) is 11.0. The molecule has 1 heterocycles. The number of nitrogens with one attached hydrogen (secondary N) is 3. The maximum atomic E-state index is 12.7. The number of hydrogen-bond acceptors (Lipinski definition) is 6. The van der Waals surface area contributed by atoms with Crippen LogP contribution in [0.15, 0.2) is 42.6 Å². The van der Waals surface area contributed by atoms with Crippen LogP contribution in [0, 0.1) is 12.8 Å². The molecule has 0 aliphatic rings. The van der Waals surface area contributed by atoms with Crippen molar-refractivity contribution >= 4 is 28.5 Å². The Labute approximate surface area is 198 Å². The zero-order valence-corrected chi connectivity index (χ0v) is 20.0. The van der Waals surface area contributed by atoms with Gasteiger partial charge in [0, 0.05) is 29.9 Å². The predicted octanol–water partition coefficient (Wildman–Crippen LogP) is 4.80. The van der Waals surface area contributed by atoms with E-state index in [1.165, 1.54) is 7.11 Å². The van der Waals surface area contributed by atoms with Gasteiger partial charge in [0.05, 0.1) is 24.8 Å². The van der Waals surface area contributed by atoms with E-state index in [2.05, 4.69) is 21.1 Å². The second-order valence-corrected chi connectivity index (χ2v) is 8.08. The molecule has 9 heteroatoms. The summed E-state index contributed by atoms with van der Waals surface area (Å²) in [7, 11) is 1.49. The van der Waals surface area contributed by atoms with Crippen molar-refractivity contribution in [3.05, 3.63) is 53.7 Å². The number of benzene rings is 2. The molecule has 2 aromatic carbocycles. The van der Waals surface area contributed by atoms with Crippen LogP contribution in [0.3, 0.4) is 0 Å². The van der Waals surface area contributed by atoms with Crippen LogP contribution in [-0.2, 0) is 4.84 Å². The predicted molar refractivity (Wildman–Crippen MR) is 130 cm³/mol. The van der Waals surface area contributed by atoms with Gasteiger partial charge in [-0.05, 0) is 55.7 Å². The van der Waals surface area contributed by atoms with E-state index in [4.69, 9.17) is 14.3 Å². The molecule has 0 aliphatic heterocycles. The second kappa shape index (κ2) is 11.3. The van der Waals surface area contributed by atoms with Crippen molar-refractivity contribution in [1.29, 1.82) is 0 Å². The van der Waals surface area contributed by atoms with Gasteiger partial charge in [0.2, 0.25) is 0 Å². The molecule has 0 spiro atoms. The van der Waals surface area contributed by atoms with E-state index < -0.39 is 5.91 Å². The number of nitrogens with zero attached hydrogens (tertiary/aromatic N) is 1. The summed E-state index contributed by atoms with van der Waals surface area (Å²) in [5.41, 5.74) is 4.89. The third kappa shape index (κ3) is 6.14. The van der Waals surface area contributed by atoms with Crippen molar-refractivity contribution in [3.63, 3.8) is 0 Å². The number of pyridine rings is 1. The van der Waals surface area contributed by atoms with Crippen molar-refractivity contribution in [2.75, 3.05) is 25.6 Å². The van der Waals surface area contributed by atoms with Crippen LogP contribution in [-0.4, -0.2) is 37.2 Å². The van der Waals surface area contributed by atoms with Crippen LogP contribution in [0.2, 0.25) is 0 Å². The normalized spacial score (nSPS) is 10.8. The molecular formula is C25H30N4O5. The Morgan fingerprint density at radius 1 is 1.09 bits per heavy atom. The smallest absolute Gasteiger partial charge is 0.319 e. The first-order chi connectivity index (χ1) is 16.3. The average molecular weight is 467 g/mol. The number of carbonyl (C=O) groups excluding carboxylic acids is 2. The maximum Gasteiger partial charge on any atom is 0.319 e. The highest BCUT2D eigenvalue weighted by molar-refractivity contribution is 6.01. The largest absolute Gasteiger partial charge is 0.496 e. The number of ether oxygens (including phenoxy) is 2. The highest BCUT2D eigenvalue weighted by Gasteiger charge is 2.17. The molecule has 0 fully saturated rings. The van der Waals surface area contributed by atoms with Gasteiger partial charge in [0.25, 0.3) is 5.91 Å². The van der Waals surface area contributed by atoms with Gasteiger partial charge < -0.3 is 20.1 Å². The van der Waals surface area contributed by atoms with E-state index in [-0.39, 0.29) is 11.9 Å². The monoisotopic (exact) mass is 466 g/mol. The summed E-state index contributed by atoms with van der Waals surface area (Å²) in [6.45, 7) is 8.64. The van der Waals surface area contributed by atoms with Gasteiger partial charge in [-0.3, -0.25) is 14.6 Å². The van der Waals surface area contributed by atoms with Crippen molar-refractivity contribution < 1.29 is 23.9 Å². The molecule has 3 aromatic rings. The Bertz CT molecular complexity index is 1180. The molecule has 3 N–H and O–H groups in total. The number of rotatable bonds is 9. The number of aryl methyl sites for hydroxylation is 1. The summed E-state index contributed by atoms with van der Waals surface area (Å²) < 4.78 is 11.5. The molecule has 34 heavy (non-hydrogen) atoms. The fourth-order valence-corrected chi connectivity index (χ4v) is 3.21. The van der Waals surface area contributed by atoms with E-state index >= 15 is 0 Å². The fourth-order valence-electron chi connectivity index (χ4n) is 3.21. The summed E-state index contributed by atoms with van der Waals surface area (Å²) in [6.07, 6.45) is 1.63. The molecule has 3 amide bonds. The van der Waals surface area contributed by atoms with Crippen LogP contribution in [0.4, 0.5) is 10.5 Å². The quantitative estimate of drug-likeness (QED) is 0.391. The van der Waals surface area contributed by atoms with E-state index in [0.29, 0.717) is 52.6 Å². The number of amides is 3. The molecule has 0 unspecified atom stereocenters. The van der Waals surface area contributed by atoms with Gasteiger partial charge >= 0.3 is 6.03 Å². The Morgan fingerprint density at radius 3 is 2.56 bits per heavy atom. The van der Waals surface area contributed by atoms with Gasteiger partial charge in [-0.2, -0.15) is 0 Å². The van der Waals surface area contributed by atoms with E-state index in [1.807, 2.05) is 33.8 Å². The van der Waals surface area contributed by atoms with E-state index in [1.54, 1.807) is 36.5 Å². The molecular weight excluding hydrogens is 436 g/mol. The zero-order valence-electron chi connectivity index (χ0n) is 20.0. The second-order valence-electron chi connectivity index (χ2n) is 8.08. The lowest BCUT2D eigenvalue weighted by molar-refractivity contribution is 0.0207. The molecule has 1 aromatic heterocycles. The molecule has 3 rings (SSSR count). The van der Waals surface area contributed by atoms with Crippen LogP contribution < -0.4 is 25.6 Å². The number of hydroxylamine groups is 1. The Balaban J connectivity index is 1.89. The summed E-state index contributed by atoms with van der Waals surface area (Å²) in [4.78, 5) is 34.2. The van der Waals surface area contributed by atoms with Crippen molar-refractivity contribution in [3.8, 4) is 17.2 Å². The number of aromatic nitrogens is 1. The van der Waals surface area contributed by atoms with Gasteiger partial charge in [-0.15, -0.1) is 0 Å². The lowest BCUT2D eigenvalue weighted by atomic mass is 10.1. The first kappa shape index (κ1) is 24.8. The SMILES string of the molecule is CCNC(=O)Nc1ccc(Oc2ccnc3cc(OC)c(C(=O)NOCC(C)C)cc23)cc1C. The standard InChI is InChI=1S/C25H30N4O5/c1-6-26-25(31)28-20-8-7-17(11-16(20)4)34-22-9-10-27-21-13-23(32-5)19(12-18(21)22)24(30)29-33-14-15(2)3/h7-13,15H,6,14H2,1-5H3,(H,29,30)(H2,26,28,31). The third-order valence-electron chi connectivity index (χ3n) is 4.86. The summed E-state index contributed by atoms with van der Waals surface area (Å²) in [6, 6.07) is 10.2. The summed E-state index contributed by atoms with van der Waals surface area (Å²) in [5.74, 6) is 1.32. The first-order valence-corrected chi connectivity index (χ1v) is 11.0. The average Bonchev–Trinajstić information content (AvgIpc) is 2.80. The van der Waals surface area contributed by atoms with Crippen molar-refractivity contribution in [1.82, 2.24) is 15.8 Å². The molecule has 0 aliphatic carbocycles. The van der Waals surface area contributed by atoms with Gasteiger partial charge in [-0.25, -0.2) is 10.3 Å². The number of urea groups is 1. The minimum absolute atomic E-state index is 0.267. The van der Waals surface area contributed by atoms with Gasteiger partial charge in [0.1, 0.15) is 17.2 Å². The Kier molecular flexibility index (Phi) is 8.26.